The summed E-state index contributed by atoms with van der Waals surface area (Å²) in [4.78, 5) is 19.1. The molecule has 1 heterocycles. The molecule has 1 aromatic carbocycles. The number of nitrogens with zero attached hydrogens (tertiary/aromatic N) is 3. The summed E-state index contributed by atoms with van der Waals surface area (Å²) in [6.45, 7) is 0. The third kappa shape index (κ3) is 2.97. The predicted octanol–water partition coefficient (Wildman–Crippen LogP) is 2.94. The van der Waals surface area contributed by atoms with Crippen LogP contribution in [0.4, 0.5) is 11.6 Å². The Balaban J connectivity index is 2.43. The number of rotatable bonds is 5. The Kier molecular flexibility index (Phi) is 4.36. The Bertz CT molecular complexity index is 636. The van der Waals surface area contributed by atoms with E-state index in [9.17, 15) is 10.1 Å². The number of hydrogen-bond donors (Lipinski definition) is 1. The number of anilines is 1. The van der Waals surface area contributed by atoms with Gasteiger partial charge in [0, 0.05) is 11.9 Å². The highest BCUT2D eigenvalue weighted by Crippen LogP contribution is 2.34. The molecule has 0 aliphatic rings. The zero-order chi connectivity index (χ0) is 14.5. The Hall–Kier alpha value is -2.35. The highest BCUT2D eigenvalue weighted by Gasteiger charge is 2.20. The molecule has 0 bridgehead atoms. The minimum atomic E-state index is -0.573. The van der Waals surface area contributed by atoms with Crippen molar-refractivity contribution in [3.8, 4) is 11.6 Å². The van der Waals surface area contributed by atoms with Crippen molar-refractivity contribution < 1.29 is 9.66 Å². The van der Waals surface area contributed by atoms with Crippen LogP contribution in [0.5, 0.6) is 11.6 Å². The van der Waals surface area contributed by atoms with Gasteiger partial charge in [-0.25, -0.2) is 4.98 Å². The summed E-state index contributed by atoms with van der Waals surface area (Å²) in [7, 11) is 1.63. The van der Waals surface area contributed by atoms with Gasteiger partial charge in [-0.2, -0.15) is 4.98 Å². The number of nitrogens with one attached hydrogen (secondary N) is 1. The van der Waals surface area contributed by atoms with Gasteiger partial charge < -0.3 is 10.1 Å². The smallest absolute Gasteiger partial charge is 0.349 e. The quantitative estimate of drug-likeness (QED) is 0.514. The zero-order valence-corrected chi connectivity index (χ0v) is 11.7. The molecule has 0 amide bonds. The van der Waals surface area contributed by atoms with Crippen molar-refractivity contribution >= 4 is 23.4 Å². The molecule has 7 nitrogen and oxygen atoms in total. The standard InChI is InChI=1S/C12H12N4O3S/c1-13-12-14-7-8(16(17)18)11(15-12)19-9-5-3-4-6-10(9)20-2/h3-7H,1-2H3,(H,13,14,15). The number of nitro groups is 1. The van der Waals surface area contributed by atoms with Gasteiger partial charge in [-0.3, -0.25) is 10.1 Å². The molecular weight excluding hydrogens is 280 g/mol. The van der Waals surface area contributed by atoms with Crippen molar-refractivity contribution in [2.24, 2.45) is 0 Å². The van der Waals surface area contributed by atoms with Gasteiger partial charge in [-0.05, 0) is 18.4 Å². The molecule has 104 valence electrons. The van der Waals surface area contributed by atoms with Gasteiger partial charge in [0.05, 0.1) is 4.92 Å². The first-order chi connectivity index (χ1) is 9.65. The molecule has 0 unspecified atom stereocenters. The van der Waals surface area contributed by atoms with Crippen LogP contribution in [0.2, 0.25) is 0 Å². The van der Waals surface area contributed by atoms with E-state index >= 15 is 0 Å². The lowest BCUT2D eigenvalue weighted by molar-refractivity contribution is -0.386. The van der Waals surface area contributed by atoms with Crippen LogP contribution in [-0.2, 0) is 0 Å². The van der Waals surface area contributed by atoms with E-state index in [1.54, 1.807) is 19.2 Å². The summed E-state index contributed by atoms with van der Waals surface area (Å²) >= 11 is 1.48. The largest absolute Gasteiger partial charge is 0.432 e. The maximum Gasteiger partial charge on any atom is 0.349 e. The molecule has 0 radical (unpaired) electrons. The van der Waals surface area contributed by atoms with Crippen LogP contribution >= 0.6 is 11.8 Å². The molecular formula is C12H12N4O3S. The lowest BCUT2D eigenvalue weighted by atomic mass is 10.3. The van der Waals surface area contributed by atoms with Gasteiger partial charge in [-0.15, -0.1) is 11.8 Å². The van der Waals surface area contributed by atoms with Gasteiger partial charge in [0.25, 0.3) is 0 Å². The van der Waals surface area contributed by atoms with Crippen LogP contribution in [0.1, 0.15) is 0 Å². The van der Waals surface area contributed by atoms with Crippen molar-refractivity contribution in [1.29, 1.82) is 0 Å². The average Bonchev–Trinajstić information content (AvgIpc) is 2.47. The number of aromatic nitrogens is 2. The van der Waals surface area contributed by atoms with E-state index in [4.69, 9.17) is 4.74 Å². The lowest BCUT2D eigenvalue weighted by Crippen LogP contribution is -2.02. The minimum absolute atomic E-state index is 0.0872. The van der Waals surface area contributed by atoms with Gasteiger partial charge in [0.15, 0.2) is 0 Å². The summed E-state index contributed by atoms with van der Waals surface area (Å²) in [6, 6.07) is 7.26. The molecule has 2 rings (SSSR count). The fourth-order valence-electron chi connectivity index (χ4n) is 1.49. The van der Waals surface area contributed by atoms with Crippen LogP contribution in [0.3, 0.4) is 0 Å². The number of thioether (sulfide) groups is 1. The van der Waals surface area contributed by atoms with Crippen molar-refractivity contribution in [3.05, 3.63) is 40.6 Å². The first-order valence-corrected chi connectivity index (χ1v) is 6.88. The molecule has 20 heavy (non-hydrogen) atoms. The summed E-state index contributed by atoms with van der Waals surface area (Å²) in [5.41, 5.74) is -0.278. The van der Waals surface area contributed by atoms with Crippen LogP contribution in [0.15, 0.2) is 35.4 Å². The van der Waals surface area contributed by atoms with Crippen LogP contribution < -0.4 is 10.1 Å². The Morgan fingerprint density at radius 3 is 2.80 bits per heavy atom. The van der Waals surface area contributed by atoms with E-state index < -0.39 is 4.92 Å². The monoisotopic (exact) mass is 292 g/mol. The fourth-order valence-corrected chi connectivity index (χ4v) is 2.01. The molecule has 8 heteroatoms. The third-order valence-electron chi connectivity index (χ3n) is 2.43. The number of ether oxygens (including phenoxy) is 1. The van der Waals surface area contributed by atoms with Crippen molar-refractivity contribution in [3.63, 3.8) is 0 Å². The van der Waals surface area contributed by atoms with Crippen LogP contribution in [0, 0.1) is 10.1 Å². The third-order valence-corrected chi connectivity index (χ3v) is 3.21. The van der Waals surface area contributed by atoms with Gasteiger partial charge >= 0.3 is 11.6 Å². The van der Waals surface area contributed by atoms with E-state index in [1.165, 1.54) is 11.8 Å². The second-order valence-electron chi connectivity index (χ2n) is 3.64. The lowest BCUT2D eigenvalue weighted by Gasteiger charge is -2.09. The topological polar surface area (TPSA) is 90.2 Å². The Labute approximate surface area is 119 Å². The Morgan fingerprint density at radius 2 is 2.15 bits per heavy atom. The second kappa shape index (κ2) is 6.20. The summed E-state index contributed by atoms with van der Waals surface area (Å²) < 4.78 is 5.58. The van der Waals surface area contributed by atoms with E-state index in [-0.39, 0.29) is 17.5 Å². The van der Waals surface area contributed by atoms with Gasteiger partial charge in [0.1, 0.15) is 11.9 Å². The second-order valence-corrected chi connectivity index (χ2v) is 4.49. The number of para-hydroxylation sites is 1. The van der Waals surface area contributed by atoms with E-state index in [0.717, 1.165) is 11.1 Å². The summed E-state index contributed by atoms with van der Waals surface area (Å²) in [6.07, 6.45) is 3.02. The maximum absolute atomic E-state index is 11.0. The molecule has 0 fully saturated rings. The molecule has 1 aromatic heterocycles. The maximum atomic E-state index is 11.0. The fraction of sp³-hybridized carbons (Fsp3) is 0.167. The average molecular weight is 292 g/mol. The van der Waals surface area contributed by atoms with Crippen LogP contribution in [0.25, 0.3) is 0 Å². The van der Waals surface area contributed by atoms with Crippen molar-refractivity contribution in [2.75, 3.05) is 18.6 Å². The molecule has 0 spiro atoms. The van der Waals surface area contributed by atoms with Crippen molar-refractivity contribution in [1.82, 2.24) is 9.97 Å². The van der Waals surface area contributed by atoms with Gasteiger partial charge in [0.2, 0.25) is 5.95 Å². The highest BCUT2D eigenvalue weighted by atomic mass is 32.2. The first-order valence-electron chi connectivity index (χ1n) is 5.65. The molecule has 0 saturated heterocycles. The normalized spacial score (nSPS) is 10.1. The van der Waals surface area contributed by atoms with Crippen molar-refractivity contribution in [2.45, 2.75) is 4.90 Å². The molecule has 0 aliphatic carbocycles. The van der Waals surface area contributed by atoms with E-state index in [0.29, 0.717) is 5.75 Å². The highest BCUT2D eigenvalue weighted by molar-refractivity contribution is 7.98. The molecule has 0 atom stereocenters. The molecule has 2 aromatic rings. The molecule has 0 saturated carbocycles. The zero-order valence-electron chi connectivity index (χ0n) is 10.9. The van der Waals surface area contributed by atoms with E-state index in [1.807, 2.05) is 18.4 Å². The summed E-state index contributed by atoms with van der Waals surface area (Å²) in [5.74, 6) is 0.687. The summed E-state index contributed by atoms with van der Waals surface area (Å²) in [5, 5.41) is 13.7. The van der Waals surface area contributed by atoms with E-state index in [2.05, 4.69) is 15.3 Å². The first kappa shape index (κ1) is 14.1. The number of hydrogen-bond acceptors (Lipinski definition) is 7. The van der Waals surface area contributed by atoms with Crippen LogP contribution in [-0.4, -0.2) is 28.2 Å². The molecule has 0 aliphatic heterocycles. The Morgan fingerprint density at radius 1 is 1.40 bits per heavy atom. The SMILES string of the molecule is CNc1ncc([N+](=O)[O-])c(Oc2ccccc2SC)n1. The number of benzene rings is 1. The predicted molar refractivity (Wildman–Crippen MR) is 76.5 cm³/mol. The minimum Gasteiger partial charge on any atom is -0.432 e. The van der Waals surface area contributed by atoms with Gasteiger partial charge in [-0.1, -0.05) is 12.1 Å². The molecule has 1 N–H and O–H groups in total.